The molecule has 108 valence electrons. The van der Waals surface area contributed by atoms with Crippen LogP contribution in [0.3, 0.4) is 0 Å². The lowest BCUT2D eigenvalue weighted by molar-refractivity contribution is -0.139. The Morgan fingerprint density at radius 3 is 2.00 bits per heavy atom. The van der Waals surface area contributed by atoms with Crippen molar-refractivity contribution in [3.05, 3.63) is 17.7 Å². The predicted octanol–water partition coefficient (Wildman–Crippen LogP) is 2.49. The summed E-state index contributed by atoms with van der Waals surface area (Å²) in [6.07, 6.45) is -5.31. The van der Waals surface area contributed by atoms with Crippen LogP contribution in [0.1, 0.15) is 12.0 Å². The summed E-state index contributed by atoms with van der Waals surface area (Å²) in [6.45, 7) is -0.242. The summed E-state index contributed by atoms with van der Waals surface area (Å²) in [5, 5.41) is 0. The Morgan fingerprint density at radius 1 is 1.11 bits per heavy atom. The van der Waals surface area contributed by atoms with Crippen molar-refractivity contribution in [3.8, 4) is 17.2 Å². The van der Waals surface area contributed by atoms with Gasteiger partial charge in [-0.2, -0.15) is 13.2 Å². The Balaban J connectivity index is 2.91. The van der Waals surface area contributed by atoms with Gasteiger partial charge in [0.2, 0.25) is 5.75 Å². The summed E-state index contributed by atoms with van der Waals surface area (Å²) in [6, 6.07) is 3.21. The number of hydrogen-bond acceptors (Lipinski definition) is 4. The number of hydrogen-bond donors (Lipinski definition) is 1. The quantitative estimate of drug-likeness (QED) is 0.869. The molecule has 2 N–H and O–H groups in total. The molecule has 0 atom stereocenters. The summed E-state index contributed by atoms with van der Waals surface area (Å²) >= 11 is 0. The molecule has 0 aliphatic rings. The second-order valence-corrected chi connectivity index (χ2v) is 3.75. The van der Waals surface area contributed by atoms with Gasteiger partial charge in [0.1, 0.15) is 0 Å². The van der Waals surface area contributed by atoms with E-state index in [0.717, 1.165) is 5.56 Å². The lowest BCUT2D eigenvalue weighted by atomic mass is 10.2. The molecule has 0 unspecified atom stereocenters. The summed E-state index contributed by atoms with van der Waals surface area (Å²) < 4.78 is 51.5. The predicted molar refractivity (Wildman–Crippen MR) is 63.6 cm³/mol. The fourth-order valence-electron chi connectivity index (χ4n) is 1.46. The van der Waals surface area contributed by atoms with Crippen LogP contribution in [-0.2, 0) is 6.54 Å². The first-order valence-electron chi connectivity index (χ1n) is 5.55. The maximum absolute atomic E-state index is 12.1. The Morgan fingerprint density at radius 2 is 1.63 bits per heavy atom. The van der Waals surface area contributed by atoms with E-state index in [1.54, 1.807) is 12.1 Å². The molecule has 0 heterocycles. The molecule has 7 heteroatoms. The zero-order chi connectivity index (χ0) is 14.5. The standard InChI is InChI=1S/C12H16F3NO3/c1-17-9-5-8(7-16)6-10(18-2)11(9)19-4-3-12(13,14)15/h5-6H,3-4,7,16H2,1-2H3. The van der Waals surface area contributed by atoms with Gasteiger partial charge in [-0.1, -0.05) is 0 Å². The van der Waals surface area contributed by atoms with E-state index in [1.165, 1.54) is 14.2 Å². The molecule has 0 radical (unpaired) electrons. The largest absolute Gasteiger partial charge is 0.493 e. The van der Waals surface area contributed by atoms with E-state index in [9.17, 15) is 13.2 Å². The van der Waals surface area contributed by atoms with Crippen molar-refractivity contribution < 1.29 is 27.4 Å². The molecule has 0 amide bonds. The normalized spacial score (nSPS) is 11.3. The minimum Gasteiger partial charge on any atom is -0.493 e. The van der Waals surface area contributed by atoms with Gasteiger partial charge in [0.15, 0.2) is 11.5 Å². The molecule has 0 saturated carbocycles. The van der Waals surface area contributed by atoms with Gasteiger partial charge in [0.25, 0.3) is 0 Å². The molecular formula is C12H16F3NO3. The third kappa shape index (κ3) is 4.51. The van der Waals surface area contributed by atoms with Gasteiger partial charge in [0.05, 0.1) is 27.2 Å². The number of methoxy groups -OCH3 is 2. The molecule has 1 aromatic carbocycles. The molecule has 0 aliphatic carbocycles. The van der Waals surface area contributed by atoms with Crippen LogP contribution < -0.4 is 19.9 Å². The Labute approximate surface area is 109 Å². The van der Waals surface area contributed by atoms with Gasteiger partial charge in [0, 0.05) is 6.54 Å². The summed E-state index contributed by atoms with van der Waals surface area (Å²) in [4.78, 5) is 0. The van der Waals surface area contributed by atoms with Crippen molar-refractivity contribution in [2.24, 2.45) is 5.73 Å². The highest BCUT2D eigenvalue weighted by Gasteiger charge is 2.27. The molecule has 0 bridgehead atoms. The second kappa shape index (κ2) is 6.51. The van der Waals surface area contributed by atoms with Gasteiger partial charge < -0.3 is 19.9 Å². The monoisotopic (exact) mass is 279 g/mol. The molecule has 0 spiro atoms. The number of halogens is 3. The van der Waals surface area contributed by atoms with Crippen LogP contribution in [0.4, 0.5) is 13.2 Å². The van der Waals surface area contributed by atoms with Crippen LogP contribution in [-0.4, -0.2) is 27.0 Å². The highest BCUT2D eigenvalue weighted by atomic mass is 19.4. The summed E-state index contributed by atoms with van der Waals surface area (Å²) in [5.41, 5.74) is 6.24. The Hall–Kier alpha value is -1.63. The summed E-state index contributed by atoms with van der Waals surface area (Å²) in [5.74, 6) is 0.732. The van der Waals surface area contributed by atoms with Crippen LogP contribution in [0.2, 0.25) is 0 Å². The Bertz CT molecular complexity index is 396. The number of ether oxygens (including phenoxy) is 3. The SMILES string of the molecule is COc1cc(CN)cc(OC)c1OCCC(F)(F)F. The van der Waals surface area contributed by atoms with E-state index < -0.39 is 19.2 Å². The maximum atomic E-state index is 12.1. The molecule has 4 nitrogen and oxygen atoms in total. The fourth-order valence-corrected chi connectivity index (χ4v) is 1.46. The van der Waals surface area contributed by atoms with Crippen LogP contribution in [0.25, 0.3) is 0 Å². The van der Waals surface area contributed by atoms with Gasteiger partial charge >= 0.3 is 6.18 Å². The van der Waals surface area contributed by atoms with Crippen molar-refractivity contribution in [3.63, 3.8) is 0 Å². The molecule has 0 saturated heterocycles. The second-order valence-electron chi connectivity index (χ2n) is 3.75. The number of nitrogens with two attached hydrogens (primary N) is 1. The van der Waals surface area contributed by atoms with Gasteiger partial charge in [-0.25, -0.2) is 0 Å². The highest BCUT2D eigenvalue weighted by molar-refractivity contribution is 5.53. The molecule has 1 rings (SSSR count). The van der Waals surface area contributed by atoms with Crippen molar-refractivity contribution in [2.45, 2.75) is 19.1 Å². The minimum absolute atomic E-state index is 0.145. The highest BCUT2D eigenvalue weighted by Crippen LogP contribution is 2.38. The minimum atomic E-state index is -4.27. The lowest BCUT2D eigenvalue weighted by Crippen LogP contribution is -2.13. The molecule has 1 aromatic rings. The molecule has 0 aromatic heterocycles. The first kappa shape index (κ1) is 15.4. The zero-order valence-corrected chi connectivity index (χ0v) is 10.7. The van der Waals surface area contributed by atoms with Crippen LogP contribution in [0, 0.1) is 0 Å². The molecule has 0 fully saturated rings. The number of benzene rings is 1. The fraction of sp³-hybridized carbons (Fsp3) is 0.500. The van der Waals surface area contributed by atoms with Crippen molar-refractivity contribution in [2.75, 3.05) is 20.8 Å². The molecule has 19 heavy (non-hydrogen) atoms. The molecule has 0 aliphatic heterocycles. The van der Waals surface area contributed by atoms with E-state index in [-0.39, 0.29) is 12.3 Å². The van der Waals surface area contributed by atoms with Crippen LogP contribution in [0.15, 0.2) is 12.1 Å². The topological polar surface area (TPSA) is 53.7 Å². The van der Waals surface area contributed by atoms with Crippen molar-refractivity contribution >= 4 is 0 Å². The average Bonchev–Trinajstić information content (AvgIpc) is 2.37. The smallest absolute Gasteiger partial charge is 0.392 e. The first-order chi connectivity index (χ1) is 8.91. The summed E-state index contributed by atoms with van der Waals surface area (Å²) in [7, 11) is 2.79. The van der Waals surface area contributed by atoms with Gasteiger partial charge in [-0.3, -0.25) is 0 Å². The Kier molecular flexibility index (Phi) is 5.29. The first-order valence-corrected chi connectivity index (χ1v) is 5.55. The van der Waals surface area contributed by atoms with E-state index >= 15 is 0 Å². The van der Waals surface area contributed by atoms with Gasteiger partial charge in [-0.05, 0) is 17.7 Å². The average molecular weight is 279 g/mol. The lowest BCUT2D eigenvalue weighted by Gasteiger charge is -2.16. The third-order valence-corrected chi connectivity index (χ3v) is 2.39. The van der Waals surface area contributed by atoms with E-state index in [2.05, 4.69) is 0 Å². The van der Waals surface area contributed by atoms with Gasteiger partial charge in [-0.15, -0.1) is 0 Å². The van der Waals surface area contributed by atoms with Crippen LogP contribution in [0.5, 0.6) is 17.2 Å². The number of rotatable bonds is 6. The maximum Gasteiger partial charge on any atom is 0.392 e. The van der Waals surface area contributed by atoms with Crippen molar-refractivity contribution in [1.29, 1.82) is 0 Å². The van der Waals surface area contributed by atoms with Crippen LogP contribution >= 0.6 is 0 Å². The third-order valence-electron chi connectivity index (χ3n) is 2.39. The van der Waals surface area contributed by atoms with E-state index in [0.29, 0.717) is 11.5 Å². The zero-order valence-electron chi connectivity index (χ0n) is 10.7. The van der Waals surface area contributed by atoms with E-state index in [1.807, 2.05) is 0 Å². The van der Waals surface area contributed by atoms with E-state index in [4.69, 9.17) is 19.9 Å². The van der Waals surface area contributed by atoms with Crippen molar-refractivity contribution in [1.82, 2.24) is 0 Å². The number of alkyl halides is 3. The molecular weight excluding hydrogens is 263 g/mol.